The second-order valence-electron chi connectivity index (χ2n) is 6.60. The predicted octanol–water partition coefficient (Wildman–Crippen LogP) is 4.38. The van der Waals surface area contributed by atoms with E-state index in [1.807, 2.05) is 24.3 Å². The molecule has 1 aromatic heterocycles. The Morgan fingerprint density at radius 2 is 1.62 bits per heavy atom. The van der Waals surface area contributed by atoms with Crippen molar-refractivity contribution in [2.45, 2.75) is 46.0 Å². The van der Waals surface area contributed by atoms with E-state index in [1.54, 1.807) is 18.2 Å². The minimum Gasteiger partial charge on any atom is -0.351 e. The van der Waals surface area contributed by atoms with Crippen molar-refractivity contribution in [3.63, 3.8) is 0 Å². The van der Waals surface area contributed by atoms with Crippen molar-refractivity contribution in [1.29, 1.82) is 0 Å². The standard InChI is InChI=1S/C21H27N3O2/c1-4-5-6-14-22-20(25)18-8-7-9-19(24-18)21(26)23-17-12-10-16(11-13-17)15(2)3/h7-13,15H,4-6,14H2,1-3H3,(H,22,25)(H,23,26). The fourth-order valence-electron chi connectivity index (χ4n) is 2.50. The van der Waals surface area contributed by atoms with Crippen LogP contribution in [0.15, 0.2) is 42.5 Å². The molecule has 2 aromatic rings. The molecule has 5 nitrogen and oxygen atoms in total. The minimum absolute atomic E-state index is 0.221. The van der Waals surface area contributed by atoms with Gasteiger partial charge < -0.3 is 10.6 Å². The van der Waals surface area contributed by atoms with Crippen LogP contribution >= 0.6 is 0 Å². The fraction of sp³-hybridized carbons (Fsp3) is 0.381. The smallest absolute Gasteiger partial charge is 0.274 e. The van der Waals surface area contributed by atoms with Gasteiger partial charge in [-0.15, -0.1) is 0 Å². The number of pyridine rings is 1. The van der Waals surface area contributed by atoms with Crippen LogP contribution < -0.4 is 10.6 Å². The first kappa shape index (κ1) is 19.6. The molecule has 0 bridgehead atoms. The van der Waals surface area contributed by atoms with Crippen molar-refractivity contribution in [1.82, 2.24) is 10.3 Å². The van der Waals surface area contributed by atoms with E-state index < -0.39 is 0 Å². The van der Waals surface area contributed by atoms with Gasteiger partial charge in [0.25, 0.3) is 11.8 Å². The lowest BCUT2D eigenvalue weighted by molar-refractivity contribution is 0.0948. The molecule has 0 aliphatic rings. The Balaban J connectivity index is 1.99. The third-order valence-corrected chi connectivity index (χ3v) is 4.12. The average molecular weight is 353 g/mol. The molecule has 5 heteroatoms. The molecule has 0 saturated heterocycles. The summed E-state index contributed by atoms with van der Waals surface area (Å²) >= 11 is 0. The van der Waals surface area contributed by atoms with E-state index in [2.05, 4.69) is 36.4 Å². The van der Waals surface area contributed by atoms with Crippen molar-refractivity contribution >= 4 is 17.5 Å². The number of benzene rings is 1. The summed E-state index contributed by atoms with van der Waals surface area (Å²) in [4.78, 5) is 28.7. The van der Waals surface area contributed by atoms with Gasteiger partial charge in [0.05, 0.1) is 0 Å². The van der Waals surface area contributed by atoms with Gasteiger partial charge in [0, 0.05) is 12.2 Å². The Labute approximate surface area is 155 Å². The van der Waals surface area contributed by atoms with E-state index in [0.717, 1.165) is 19.3 Å². The summed E-state index contributed by atoms with van der Waals surface area (Å²) in [6.07, 6.45) is 3.11. The molecule has 0 radical (unpaired) electrons. The lowest BCUT2D eigenvalue weighted by Crippen LogP contribution is -2.26. The van der Waals surface area contributed by atoms with Crippen LogP contribution in [0.3, 0.4) is 0 Å². The van der Waals surface area contributed by atoms with Gasteiger partial charge in [-0.05, 0) is 42.2 Å². The highest BCUT2D eigenvalue weighted by atomic mass is 16.2. The maximum atomic E-state index is 12.4. The molecular formula is C21H27N3O2. The summed E-state index contributed by atoms with van der Waals surface area (Å²) in [6, 6.07) is 12.6. The number of unbranched alkanes of at least 4 members (excludes halogenated alkanes) is 2. The van der Waals surface area contributed by atoms with Crippen molar-refractivity contribution in [2.75, 3.05) is 11.9 Å². The summed E-state index contributed by atoms with van der Waals surface area (Å²) in [5.41, 5.74) is 2.39. The maximum absolute atomic E-state index is 12.4. The number of rotatable bonds is 8. The molecule has 0 spiro atoms. The highest BCUT2D eigenvalue weighted by Gasteiger charge is 2.12. The summed E-state index contributed by atoms with van der Waals surface area (Å²) < 4.78 is 0. The van der Waals surface area contributed by atoms with Gasteiger partial charge >= 0.3 is 0 Å². The zero-order chi connectivity index (χ0) is 18.9. The third kappa shape index (κ3) is 5.69. The molecule has 0 unspecified atom stereocenters. The lowest BCUT2D eigenvalue weighted by Gasteiger charge is -2.09. The van der Waals surface area contributed by atoms with Crippen LogP contribution in [0.25, 0.3) is 0 Å². The number of carbonyl (C=O) groups is 2. The molecule has 2 rings (SSSR count). The van der Waals surface area contributed by atoms with Gasteiger partial charge in [0.1, 0.15) is 11.4 Å². The van der Waals surface area contributed by atoms with Crippen molar-refractivity contribution < 1.29 is 9.59 Å². The molecule has 2 N–H and O–H groups in total. The number of anilines is 1. The molecule has 0 saturated carbocycles. The number of nitrogens with zero attached hydrogens (tertiary/aromatic N) is 1. The van der Waals surface area contributed by atoms with Crippen molar-refractivity contribution in [2.24, 2.45) is 0 Å². The number of aromatic nitrogens is 1. The Morgan fingerprint density at radius 1 is 0.962 bits per heavy atom. The van der Waals surface area contributed by atoms with E-state index in [4.69, 9.17) is 0 Å². The van der Waals surface area contributed by atoms with Gasteiger partial charge in [-0.25, -0.2) is 4.98 Å². The Bertz CT molecular complexity index is 739. The number of amides is 2. The quantitative estimate of drug-likeness (QED) is 0.692. The van der Waals surface area contributed by atoms with Gasteiger partial charge in [-0.2, -0.15) is 0 Å². The van der Waals surface area contributed by atoms with E-state index in [1.165, 1.54) is 5.56 Å². The van der Waals surface area contributed by atoms with Crippen LogP contribution in [0.1, 0.15) is 72.5 Å². The monoisotopic (exact) mass is 353 g/mol. The summed E-state index contributed by atoms with van der Waals surface area (Å²) in [6.45, 7) is 6.97. The van der Waals surface area contributed by atoms with Crippen LogP contribution in [-0.2, 0) is 0 Å². The zero-order valence-electron chi connectivity index (χ0n) is 15.7. The van der Waals surface area contributed by atoms with E-state index >= 15 is 0 Å². The molecule has 0 aliphatic carbocycles. The van der Waals surface area contributed by atoms with E-state index in [-0.39, 0.29) is 23.2 Å². The van der Waals surface area contributed by atoms with Gasteiger partial charge in [-0.3, -0.25) is 9.59 Å². The zero-order valence-corrected chi connectivity index (χ0v) is 15.7. The first-order valence-electron chi connectivity index (χ1n) is 9.17. The number of nitrogens with one attached hydrogen (secondary N) is 2. The van der Waals surface area contributed by atoms with Crippen LogP contribution in [0.2, 0.25) is 0 Å². The Morgan fingerprint density at radius 3 is 2.23 bits per heavy atom. The summed E-state index contributed by atoms with van der Waals surface area (Å²) in [5.74, 6) is -0.145. The number of hydrogen-bond donors (Lipinski definition) is 2. The van der Waals surface area contributed by atoms with Crippen molar-refractivity contribution in [3.05, 3.63) is 59.4 Å². The second-order valence-corrected chi connectivity index (χ2v) is 6.60. The fourth-order valence-corrected chi connectivity index (χ4v) is 2.50. The molecule has 0 fully saturated rings. The van der Waals surface area contributed by atoms with Crippen LogP contribution in [0, 0.1) is 0 Å². The second kappa shape index (κ2) is 9.70. The normalized spacial score (nSPS) is 10.6. The molecule has 1 aromatic carbocycles. The molecule has 0 atom stereocenters. The molecule has 138 valence electrons. The van der Waals surface area contributed by atoms with E-state index in [9.17, 15) is 9.59 Å². The molecule has 2 amide bonds. The van der Waals surface area contributed by atoms with Crippen LogP contribution in [0.5, 0.6) is 0 Å². The topological polar surface area (TPSA) is 71.1 Å². The Kier molecular flexibility index (Phi) is 7.33. The minimum atomic E-state index is -0.331. The highest BCUT2D eigenvalue weighted by Crippen LogP contribution is 2.17. The first-order chi connectivity index (χ1) is 12.5. The van der Waals surface area contributed by atoms with Crippen molar-refractivity contribution in [3.8, 4) is 0 Å². The molecule has 1 heterocycles. The van der Waals surface area contributed by atoms with Crippen LogP contribution in [0.4, 0.5) is 5.69 Å². The highest BCUT2D eigenvalue weighted by molar-refractivity contribution is 6.03. The SMILES string of the molecule is CCCCCNC(=O)c1cccc(C(=O)Nc2ccc(C(C)C)cc2)n1. The molecule has 26 heavy (non-hydrogen) atoms. The molecular weight excluding hydrogens is 326 g/mol. The number of carbonyl (C=O) groups excluding carboxylic acids is 2. The predicted molar refractivity (Wildman–Crippen MR) is 105 cm³/mol. The third-order valence-electron chi connectivity index (χ3n) is 4.12. The lowest BCUT2D eigenvalue weighted by atomic mass is 10.0. The summed E-state index contributed by atoms with van der Waals surface area (Å²) in [7, 11) is 0. The number of hydrogen-bond acceptors (Lipinski definition) is 3. The average Bonchev–Trinajstić information content (AvgIpc) is 2.65. The van der Waals surface area contributed by atoms with E-state index in [0.29, 0.717) is 18.2 Å². The maximum Gasteiger partial charge on any atom is 0.274 e. The summed E-state index contributed by atoms with van der Waals surface area (Å²) in [5, 5.41) is 5.65. The first-order valence-corrected chi connectivity index (χ1v) is 9.17. The largest absolute Gasteiger partial charge is 0.351 e. The van der Waals surface area contributed by atoms with Gasteiger partial charge in [0.15, 0.2) is 0 Å². The van der Waals surface area contributed by atoms with Crippen LogP contribution in [-0.4, -0.2) is 23.3 Å². The molecule has 0 aliphatic heterocycles. The Hall–Kier alpha value is -2.69. The van der Waals surface area contributed by atoms with Gasteiger partial charge in [0.2, 0.25) is 0 Å². The van der Waals surface area contributed by atoms with Gasteiger partial charge in [-0.1, -0.05) is 51.8 Å².